The van der Waals surface area contributed by atoms with Gasteiger partial charge in [0.25, 0.3) is 0 Å². The van der Waals surface area contributed by atoms with E-state index in [1.54, 1.807) is 0 Å². The fourth-order valence-electron chi connectivity index (χ4n) is 5.38. The summed E-state index contributed by atoms with van der Waals surface area (Å²) in [5.41, 5.74) is 8.24. The summed E-state index contributed by atoms with van der Waals surface area (Å²) in [5.74, 6) is -0.660. The second kappa shape index (κ2) is 36.3. The largest absolute Gasteiger partial charge is 0.481 e. The quantitative estimate of drug-likeness (QED) is 0.0273. The average Bonchev–Trinajstić information content (AvgIpc) is 2.97. The topological polar surface area (TPSA) is 86.1 Å². The van der Waals surface area contributed by atoms with Gasteiger partial charge in [-0.25, -0.2) is 0 Å². The van der Waals surface area contributed by atoms with E-state index in [0.717, 1.165) is 19.3 Å². The molecule has 5 heteroatoms. The lowest BCUT2D eigenvalue weighted by Gasteiger charge is -2.02. The van der Waals surface area contributed by atoms with Crippen LogP contribution in [0.15, 0.2) is 29.4 Å². The van der Waals surface area contributed by atoms with Crippen molar-refractivity contribution < 1.29 is 9.90 Å². The van der Waals surface area contributed by atoms with Crippen molar-refractivity contribution in [2.24, 2.45) is 5.11 Å². The van der Waals surface area contributed by atoms with Gasteiger partial charge in [0.1, 0.15) is 0 Å². The zero-order valence-electron chi connectivity index (χ0n) is 26.9. The molecule has 0 saturated carbocycles. The number of unbranched alkanes of at least 4 members (excludes halogenated alkanes) is 26. The van der Waals surface area contributed by atoms with Gasteiger partial charge in [-0.3, -0.25) is 4.79 Å². The van der Waals surface area contributed by atoms with Crippen molar-refractivity contribution in [2.45, 2.75) is 193 Å². The molecule has 0 unspecified atom stereocenters. The van der Waals surface area contributed by atoms with E-state index in [-0.39, 0.29) is 0 Å². The Kier molecular flexibility index (Phi) is 34.7. The van der Waals surface area contributed by atoms with Gasteiger partial charge in [0.05, 0.1) is 0 Å². The molecule has 41 heavy (non-hydrogen) atoms. The van der Waals surface area contributed by atoms with Gasteiger partial charge < -0.3 is 5.11 Å². The van der Waals surface area contributed by atoms with Crippen molar-refractivity contribution >= 4 is 5.97 Å². The Balaban J connectivity index is 3.15. The summed E-state index contributed by atoms with van der Waals surface area (Å²) in [7, 11) is 0. The summed E-state index contributed by atoms with van der Waals surface area (Å²) in [4.78, 5) is 13.3. The Morgan fingerprint density at radius 2 is 0.732 bits per heavy atom. The van der Waals surface area contributed by atoms with Crippen LogP contribution in [0.25, 0.3) is 10.4 Å². The van der Waals surface area contributed by atoms with Crippen molar-refractivity contribution in [1.29, 1.82) is 0 Å². The third-order valence-electron chi connectivity index (χ3n) is 8.03. The number of aliphatic carboxylic acids is 1. The molecule has 0 rings (SSSR count). The van der Waals surface area contributed by atoms with E-state index < -0.39 is 5.97 Å². The Morgan fingerprint density at radius 3 is 1.02 bits per heavy atom. The van der Waals surface area contributed by atoms with Gasteiger partial charge in [-0.05, 0) is 69.7 Å². The average molecular weight is 574 g/mol. The van der Waals surface area contributed by atoms with Crippen LogP contribution in [-0.4, -0.2) is 17.6 Å². The third-order valence-corrected chi connectivity index (χ3v) is 8.03. The van der Waals surface area contributed by atoms with Crippen LogP contribution in [-0.2, 0) is 4.79 Å². The van der Waals surface area contributed by atoms with Crippen LogP contribution in [0.2, 0.25) is 0 Å². The maximum absolute atomic E-state index is 10.5. The van der Waals surface area contributed by atoms with E-state index in [9.17, 15) is 4.79 Å². The van der Waals surface area contributed by atoms with Crippen LogP contribution >= 0.6 is 0 Å². The molecule has 0 bridgehead atoms. The van der Waals surface area contributed by atoms with Crippen LogP contribution in [0.5, 0.6) is 0 Å². The third kappa shape index (κ3) is 38.3. The van der Waals surface area contributed by atoms with E-state index in [1.165, 1.54) is 167 Å². The first-order valence-corrected chi connectivity index (χ1v) is 17.8. The summed E-state index contributed by atoms with van der Waals surface area (Å²) >= 11 is 0. The SMILES string of the molecule is [N-]=[N+]=NCCCCCCCCCCC/C=C/CCCCCCCCCC/C=C/CCCCCCCCCCC(=O)O. The molecule has 0 aromatic heterocycles. The molecule has 0 atom stereocenters. The fourth-order valence-corrected chi connectivity index (χ4v) is 5.38. The lowest BCUT2D eigenvalue weighted by Crippen LogP contribution is -1.93. The fraction of sp³-hybridized carbons (Fsp3) is 0.861. The standard InChI is InChI=1S/C36H67N3O2/c37-39-38-35-33-31-29-27-25-23-21-19-17-15-13-11-9-7-5-3-1-2-4-6-8-10-12-14-16-18-20-22-24-26-28-30-32-34-36(40)41/h11-14H,1-10,15-35H2,(H,40,41)/b13-11+,14-12+. The number of hydrogen-bond acceptors (Lipinski definition) is 2. The molecule has 0 amide bonds. The first-order chi connectivity index (χ1) is 20.3. The molecule has 0 aromatic rings. The number of hydrogen-bond donors (Lipinski definition) is 1. The van der Waals surface area contributed by atoms with Gasteiger partial charge in [0.15, 0.2) is 0 Å². The van der Waals surface area contributed by atoms with Crippen molar-refractivity contribution in [3.63, 3.8) is 0 Å². The maximum Gasteiger partial charge on any atom is 0.303 e. The lowest BCUT2D eigenvalue weighted by atomic mass is 10.0. The second-order valence-corrected chi connectivity index (χ2v) is 12.0. The van der Waals surface area contributed by atoms with E-state index in [1.807, 2.05) is 0 Å². The summed E-state index contributed by atoms with van der Waals surface area (Å²) in [6, 6.07) is 0. The smallest absolute Gasteiger partial charge is 0.303 e. The predicted molar refractivity (Wildman–Crippen MR) is 178 cm³/mol. The van der Waals surface area contributed by atoms with Gasteiger partial charge in [-0.1, -0.05) is 151 Å². The van der Waals surface area contributed by atoms with Crippen LogP contribution in [0.3, 0.4) is 0 Å². The summed E-state index contributed by atoms with van der Waals surface area (Å²) < 4.78 is 0. The first kappa shape index (κ1) is 39.3. The molecule has 5 nitrogen and oxygen atoms in total. The molecule has 238 valence electrons. The van der Waals surface area contributed by atoms with E-state index in [4.69, 9.17) is 10.6 Å². The molecule has 0 aliphatic carbocycles. The van der Waals surface area contributed by atoms with Crippen molar-refractivity contribution in [3.8, 4) is 0 Å². The van der Waals surface area contributed by atoms with E-state index >= 15 is 0 Å². The van der Waals surface area contributed by atoms with Crippen molar-refractivity contribution in [1.82, 2.24) is 0 Å². The highest BCUT2D eigenvalue weighted by molar-refractivity contribution is 5.66. The molecule has 0 aliphatic rings. The Labute approximate surface area is 254 Å². The molecule has 0 fully saturated rings. The highest BCUT2D eigenvalue weighted by atomic mass is 16.4. The highest BCUT2D eigenvalue weighted by Gasteiger charge is 1.97. The normalized spacial score (nSPS) is 11.5. The molecule has 0 aliphatic heterocycles. The van der Waals surface area contributed by atoms with Crippen molar-refractivity contribution in [3.05, 3.63) is 34.7 Å². The summed E-state index contributed by atoms with van der Waals surface area (Å²) in [6.45, 7) is 0.662. The number of allylic oxidation sites excluding steroid dienone is 4. The Morgan fingerprint density at radius 1 is 0.463 bits per heavy atom. The Bertz CT molecular complexity index is 641. The molecule has 0 radical (unpaired) electrons. The minimum absolute atomic E-state index is 0.332. The number of azide groups is 1. The number of rotatable bonds is 34. The summed E-state index contributed by atoms with van der Waals surface area (Å²) in [5, 5.41) is 12.2. The predicted octanol–water partition coefficient (Wildman–Crippen LogP) is 13.2. The van der Waals surface area contributed by atoms with E-state index in [2.05, 4.69) is 34.3 Å². The minimum Gasteiger partial charge on any atom is -0.481 e. The monoisotopic (exact) mass is 574 g/mol. The molecule has 1 N–H and O–H groups in total. The molecule has 0 spiro atoms. The zero-order valence-corrected chi connectivity index (χ0v) is 26.9. The van der Waals surface area contributed by atoms with Crippen LogP contribution in [0.1, 0.15) is 193 Å². The van der Waals surface area contributed by atoms with Crippen molar-refractivity contribution in [2.75, 3.05) is 6.54 Å². The van der Waals surface area contributed by atoms with Gasteiger partial charge in [-0.2, -0.15) is 0 Å². The molecule has 0 heterocycles. The first-order valence-electron chi connectivity index (χ1n) is 17.8. The molecular formula is C36H67N3O2. The Hall–Kier alpha value is -1.74. The van der Waals surface area contributed by atoms with Crippen LogP contribution in [0.4, 0.5) is 0 Å². The number of carboxylic acid groups (broad SMARTS) is 1. The van der Waals surface area contributed by atoms with Crippen LogP contribution < -0.4 is 0 Å². The van der Waals surface area contributed by atoms with Gasteiger partial charge in [-0.15, -0.1) is 0 Å². The molecular weight excluding hydrogens is 506 g/mol. The highest BCUT2D eigenvalue weighted by Crippen LogP contribution is 2.14. The number of carbonyl (C=O) groups is 1. The number of carboxylic acids is 1. The molecule has 0 saturated heterocycles. The number of nitrogens with zero attached hydrogens (tertiary/aromatic N) is 3. The zero-order chi connectivity index (χ0) is 29.7. The van der Waals surface area contributed by atoms with Gasteiger partial charge in [0, 0.05) is 17.9 Å². The van der Waals surface area contributed by atoms with Gasteiger partial charge >= 0.3 is 5.97 Å². The van der Waals surface area contributed by atoms with Crippen LogP contribution in [0, 0.1) is 0 Å². The maximum atomic E-state index is 10.5. The second-order valence-electron chi connectivity index (χ2n) is 12.0. The minimum atomic E-state index is -0.660. The molecule has 0 aromatic carbocycles. The summed E-state index contributed by atoms with van der Waals surface area (Å²) in [6.07, 6.45) is 47.5. The van der Waals surface area contributed by atoms with E-state index in [0.29, 0.717) is 13.0 Å². The lowest BCUT2D eigenvalue weighted by molar-refractivity contribution is -0.137. The van der Waals surface area contributed by atoms with Gasteiger partial charge in [0.2, 0.25) is 0 Å².